The van der Waals surface area contributed by atoms with Crippen LogP contribution in [0.4, 0.5) is 4.39 Å². The molecule has 1 aromatic heterocycles. The van der Waals surface area contributed by atoms with E-state index < -0.39 is 26.6 Å². The van der Waals surface area contributed by atoms with Crippen molar-refractivity contribution in [3.05, 3.63) is 64.1 Å². The molecule has 8 heteroatoms. The molecule has 0 aliphatic carbocycles. The normalized spacial score (nSPS) is 11.2. The Morgan fingerprint density at radius 1 is 1.38 bits per heavy atom. The molecule has 0 bridgehead atoms. The zero-order chi connectivity index (χ0) is 17.7. The molecule has 0 atom stereocenters. The number of thiophene rings is 1. The smallest absolute Gasteiger partial charge is 0.251 e. The van der Waals surface area contributed by atoms with Crippen LogP contribution in [0.15, 0.2) is 47.2 Å². The van der Waals surface area contributed by atoms with Crippen molar-refractivity contribution >= 4 is 27.3 Å². The van der Waals surface area contributed by atoms with E-state index in [2.05, 4.69) is 16.6 Å². The molecule has 0 radical (unpaired) electrons. The molecule has 0 aliphatic heterocycles. The fourth-order valence-corrected chi connectivity index (χ4v) is 3.89. The van der Waals surface area contributed by atoms with Crippen LogP contribution in [0.2, 0.25) is 0 Å². The Morgan fingerprint density at radius 3 is 2.75 bits per heavy atom. The van der Waals surface area contributed by atoms with Crippen LogP contribution in [0.5, 0.6) is 0 Å². The van der Waals surface area contributed by atoms with Crippen molar-refractivity contribution in [2.45, 2.75) is 18.4 Å². The molecule has 1 aromatic carbocycles. The van der Waals surface area contributed by atoms with E-state index in [0.717, 1.165) is 22.6 Å². The van der Waals surface area contributed by atoms with Gasteiger partial charge in [0.2, 0.25) is 10.0 Å². The highest BCUT2D eigenvalue weighted by Crippen LogP contribution is 2.18. The molecule has 0 unspecified atom stereocenters. The monoisotopic (exact) mass is 368 g/mol. The number of carbonyl (C=O) groups excluding carboxylic acids is 1. The molecular formula is C16H17FN2O3S2. The number of rotatable bonds is 7. The summed E-state index contributed by atoms with van der Waals surface area (Å²) in [4.78, 5) is 12.6. The summed E-state index contributed by atoms with van der Waals surface area (Å²) >= 11 is 1.52. The van der Waals surface area contributed by atoms with Crippen LogP contribution in [0.25, 0.3) is 0 Å². The van der Waals surface area contributed by atoms with Gasteiger partial charge in [-0.05, 0) is 42.1 Å². The summed E-state index contributed by atoms with van der Waals surface area (Å²) in [5.74, 6) is -1.39. The lowest BCUT2D eigenvalue weighted by atomic mass is 10.2. The van der Waals surface area contributed by atoms with Crippen molar-refractivity contribution in [2.24, 2.45) is 0 Å². The van der Waals surface area contributed by atoms with Crippen molar-refractivity contribution in [3.8, 4) is 0 Å². The Hall–Kier alpha value is -2.03. The van der Waals surface area contributed by atoms with E-state index in [1.165, 1.54) is 23.5 Å². The largest absolute Gasteiger partial charge is 0.347 e. The number of aryl methyl sites for hydroxylation is 1. The van der Waals surface area contributed by atoms with Gasteiger partial charge in [0.1, 0.15) is 10.7 Å². The summed E-state index contributed by atoms with van der Waals surface area (Å²) in [6.07, 6.45) is 1.34. The van der Waals surface area contributed by atoms with Crippen LogP contribution >= 0.6 is 11.3 Å². The first-order chi connectivity index (χ1) is 11.3. The van der Waals surface area contributed by atoms with E-state index >= 15 is 0 Å². The standard InChI is InChI=1S/C16H17FN2O3S2/c1-3-7-19-24(21,22)15-9-12(4-5-13(15)17)16(20)18-10-14-11(2)6-8-23-14/h3-6,8-9,19H,1,7,10H2,2H3,(H,18,20). The quantitative estimate of drug-likeness (QED) is 0.738. The minimum Gasteiger partial charge on any atom is -0.347 e. The SMILES string of the molecule is C=CCNS(=O)(=O)c1cc(C(=O)NCc2sccc2C)ccc1F. The molecule has 0 aliphatic rings. The third-order valence-corrected chi connectivity index (χ3v) is 5.74. The Bertz CT molecular complexity index is 860. The Balaban J connectivity index is 2.19. The van der Waals surface area contributed by atoms with Crippen molar-refractivity contribution in [3.63, 3.8) is 0 Å². The lowest BCUT2D eigenvalue weighted by molar-refractivity contribution is 0.0951. The minimum absolute atomic E-state index is 0.0319. The number of hydrogen-bond acceptors (Lipinski definition) is 4. The molecule has 0 fully saturated rings. The molecule has 2 aromatic rings. The van der Waals surface area contributed by atoms with Crippen molar-refractivity contribution in [2.75, 3.05) is 6.54 Å². The highest BCUT2D eigenvalue weighted by Gasteiger charge is 2.20. The van der Waals surface area contributed by atoms with Gasteiger partial charge in [0.05, 0.1) is 6.54 Å². The average molecular weight is 368 g/mol. The topological polar surface area (TPSA) is 75.3 Å². The van der Waals surface area contributed by atoms with Crippen molar-refractivity contribution in [1.82, 2.24) is 10.0 Å². The predicted octanol–water partition coefficient (Wildman–Crippen LogP) is 2.59. The lowest BCUT2D eigenvalue weighted by Gasteiger charge is -2.09. The number of nitrogens with one attached hydrogen (secondary N) is 2. The molecule has 0 spiro atoms. The maximum absolute atomic E-state index is 13.8. The zero-order valence-electron chi connectivity index (χ0n) is 13.0. The van der Waals surface area contributed by atoms with Gasteiger partial charge >= 0.3 is 0 Å². The molecule has 0 saturated heterocycles. The van der Waals surface area contributed by atoms with Gasteiger partial charge in [-0.3, -0.25) is 4.79 Å². The molecule has 5 nitrogen and oxygen atoms in total. The molecule has 128 valence electrons. The van der Waals surface area contributed by atoms with Gasteiger partial charge in [0.25, 0.3) is 5.91 Å². The summed E-state index contributed by atoms with van der Waals surface area (Å²) in [5, 5.41) is 4.62. The van der Waals surface area contributed by atoms with Gasteiger partial charge in [-0.15, -0.1) is 17.9 Å². The number of amides is 1. The predicted molar refractivity (Wildman–Crippen MR) is 92.0 cm³/mol. The molecule has 24 heavy (non-hydrogen) atoms. The molecule has 2 rings (SSSR count). The third kappa shape index (κ3) is 4.28. The number of hydrogen-bond donors (Lipinski definition) is 2. The van der Waals surface area contributed by atoms with Crippen molar-refractivity contribution in [1.29, 1.82) is 0 Å². The maximum Gasteiger partial charge on any atom is 0.251 e. The van der Waals surface area contributed by atoms with E-state index in [1.807, 2.05) is 18.4 Å². The Kier molecular flexibility index (Phi) is 5.87. The van der Waals surface area contributed by atoms with E-state index in [1.54, 1.807) is 0 Å². The maximum atomic E-state index is 13.8. The van der Waals surface area contributed by atoms with Gasteiger partial charge in [0, 0.05) is 17.0 Å². The number of halogens is 1. The summed E-state index contributed by atoms with van der Waals surface area (Å²) in [6, 6.07) is 5.18. The molecule has 0 saturated carbocycles. The van der Waals surface area contributed by atoms with Crippen LogP contribution in [0, 0.1) is 12.7 Å². The fraction of sp³-hybridized carbons (Fsp3) is 0.188. The summed E-state index contributed by atoms with van der Waals surface area (Å²) in [7, 11) is -4.05. The minimum atomic E-state index is -4.05. The van der Waals surface area contributed by atoms with Gasteiger partial charge < -0.3 is 5.32 Å². The Labute approximate surface area is 144 Å². The Morgan fingerprint density at radius 2 is 2.12 bits per heavy atom. The van der Waals surface area contributed by atoms with E-state index in [4.69, 9.17) is 0 Å². The van der Waals surface area contributed by atoms with Gasteiger partial charge in [0.15, 0.2) is 0 Å². The summed E-state index contributed by atoms with van der Waals surface area (Å²) in [6.45, 7) is 5.63. The van der Waals surface area contributed by atoms with Gasteiger partial charge in [-0.1, -0.05) is 6.08 Å². The van der Waals surface area contributed by atoms with Crippen LogP contribution < -0.4 is 10.0 Å². The first-order valence-electron chi connectivity index (χ1n) is 7.06. The summed E-state index contributed by atoms with van der Waals surface area (Å²) in [5.41, 5.74) is 1.14. The van der Waals surface area contributed by atoms with Crippen LogP contribution in [0.3, 0.4) is 0 Å². The van der Waals surface area contributed by atoms with Crippen LogP contribution in [-0.2, 0) is 16.6 Å². The number of sulfonamides is 1. The third-order valence-electron chi connectivity index (χ3n) is 3.28. The number of benzene rings is 1. The second-order valence-electron chi connectivity index (χ2n) is 5.00. The van der Waals surface area contributed by atoms with Crippen molar-refractivity contribution < 1.29 is 17.6 Å². The first kappa shape index (κ1) is 18.3. The second-order valence-corrected chi connectivity index (χ2v) is 7.73. The van der Waals surface area contributed by atoms with Crippen LogP contribution in [0.1, 0.15) is 20.8 Å². The first-order valence-corrected chi connectivity index (χ1v) is 9.42. The van der Waals surface area contributed by atoms with Gasteiger partial charge in [-0.2, -0.15) is 0 Å². The lowest BCUT2D eigenvalue weighted by Crippen LogP contribution is -2.26. The molecular weight excluding hydrogens is 351 g/mol. The fourth-order valence-electron chi connectivity index (χ4n) is 1.94. The summed E-state index contributed by atoms with van der Waals surface area (Å²) < 4.78 is 40.1. The van der Waals surface area contributed by atoms with E-state index in [0.29, 0.717) is 6.54 Å². The van der Waals surface area contributed by atoms with E-state index in [9.17, 15) is 17.6 Å². The number of carbonyl (C=O) groups is 1. The zero-order valence-corrected chi connectivity index (χ0v) is 14.6. The average Bonchev–Trinajstić information content (AvgIpc) is 2.96. The van der Waals surface area contributed by atoms with Crippen LogP contribution in [-0.4, -0.2) is 20.9 Å². The van der Waals surface area contributed by atoms with E-state index in [-0.39, 0.29) is 12.1 Å². The second kappa shape index (κ2) is 7.69. The van der Waals surface area contributed by atoms with Gasteiger partial charge in [-0.25, -0.2) is 17.5 Å². The molecule has 2 N–H and O–H groups in total. The highest BCUT2D eigenvalue weighted by atomic mass is 32.2. The highest BCUT2D eigenvalue weighted by molar-refractivity contribution is 7.89. The molecule has 1 heterocycles. The molecule has 1 amide bonds.